The Morgan fingerprint density at radius 2 is 2.60 bits per heavy atom. The van der Waals surface area contributed by atoms with Gasteiger partial charge < -0.3 is 4.42 Å². The fourth-order valence-electron chi connectivity index (χ4n) is 0.498. The van der Waals surface area contributed by atoms with Crippen LogP contribution in [0.25, 0.3) is 0 Å². The SMILES string of the molecule is C#CC(C)c1n[nH]c(=O)o1. The summed E-state index contributed by atoms with van der Waals surface area (Å²) < 4.78 is 4.57. The van der Waals surface area contributed by atoms with Gasteiger partial charge in [-0.1, -0.05) is 5.92 Å². The number of hydrogen-bond acceptors (Lipinski definition) is 3. The molecule has 1 unspecified atom stereocenters. The zero-order valence-corrected chi connectivity index (χ0v) is 5.42. The molecule has 1 aromatic rings. The zero-order chi connectivity index (χ0) is 7.56. The predicted octanol–water partition coefficient (Wildman–Crippen LogP) is 0.0996. The van der Waals surface area contributed by atoms with E-state index in [1.165, 1.54) is 0 Å². The van der Waals surface area contributed by atoms with E-state index >= 15 is 0 Å². The van der Waals surface area contributed by atoms with Crippen LogP contribution in [0, 0.1) is 12.3 Å². The molecule has 10 heavy (non-hydrogen) atoms. The number of terminal acetylenes is 1. The number of aromatic amines is 1. The van der Waals surface area contributed by atoms with Gasteiger partial charge in [-0.2, -0.15) is 0 Å². The fraction of sp³-hybridized carbons (Fsp3) is 0.333. The summed E-state index contributed by atoms with van der Waals surface area (Å²) in [6.45, 7) is 1.72. The number of rotatable bonds is 1. The van der Waals surface area contributed by atoms with Crippen molar-refractivity contribution in [3.05, 3.63) is 16.4 Å². The molecule has 0 bridgehead atoms. The quantitative estimate of drug-likeness (QED) is 0.560. The molecule has 0 radical (unpaired) electrons. The standard InChI is InChI=1S/C6H6N2O2/c1-3-4(2)5-7-8-6(9)10-5/h1,4H,2H3,(H,8,9). The van der Waals surface area contributed by atoms with Crippen LogP contribution in [-0.2, 0) is 0 Å². The van der Waals surface area contributed by atoms with E-state index in [9.17, 15) is 4.79 Å². The second-order valence-electron chi connectivity index (χ2n) is 1.84. The summed E-state index contributed by atoms with van der Waals surface area (Å²) in [4.78, 5) is 10.4. The van der Waals surface area contributed by atoms with Gasteiger partial charge in [0.1, 0.15) is 0 Å². The van der Waals surface area contributed by atoms with Gasteiger partial charge >= 0.3 is 5.76 Å². The third-order valence-electron chi connectivity index (χ3n) is 1.08. The van der Waals surface area contributed by atoms with Gasteiger partial charge in [0.05, 0.1) is 5.92 Å². The van der Waals surface area contributed by atoms with E-state index in [1.54, 1.807) is 6.92 Å². The average molecular weight is 138 g/mol. The van der Waals surface area contributed by atoms with Gasteiger partial charge in [0.25, 0.3) is 0 Å². The van der Waals surface area contributed by atoms with Crippen molar-refractivity contribution in [2.24, 2.45) is 0 Å². The van der Waals surface area contributed by atoms with Gasteiger partial charge in [0.2, 0.25) is 5.89 Å². The lowest BCUT2D eigenvalue weighted by Gasteiger charge is -1.91. The molecule has 1 rings (SSSR count). The van der Waals surface area contributed by atoms with Crippen LogP contribution >= 0.6 is 0 Å². The Balaban J connectivity index is 2.98. The van der Waals surface area contributed by atoms with Crippen molar-refractivity contribution in [3.8, 4) is 12.3 Å². The van der Waals surface area contributed by atoms with Crippen LogP contribution in [0.5, 0.6) is 0 Å². The molecule has 1 atom stereocenters. The number of aromatic nitrogens is 2. The van der Waals surface area contributed by atoms with E-state index in [4.69, 9.17) is 6.42 Å². The minimum absolute atomic E-state index is 0.251. The predicted molar refractivity (Wildman–Crippen MR) is 34.4 cm³/mol. The maximum absolute atomic E-state index is 10.4. The molecular weight excluding hydrogens is 132 g/mol. The monoisotopic (exact) mass is 138 g/mol. The molecule has 0 aliphatic carbocycles. The lowest BCUT2D eigenvalue weighted by Crippen LogP contribution is -1.94. The molecule has 0 aliphatic heterocycles. The van der Waals surface area contributed by atoms with Gasteiger partial charge in [-0.15, -0.1) is 11.5 Å². The van der Waals surface area contributed by atoms with Gasteiger partial charge in [-0.05, 0) is 6.92 Å². The molecule has 0 amide bonds. The second kappa shape index (κ2) is 2.40. The fourth-order valence-corrected chi connectivity index (χ4v) is 0.498. The molecule has 1 heterocycles. The smallest absolute Gasteiger partial charge is 0.391 e. The van der Waals surface area contributed by atoms with E-state index in [1.807, 2.05) is 0 Å². The summed E-state index contributed by atoms with van der Waals surface area (Å²) in [6, 6.07) is 0. The van der Waals surface area contributed by atoms with E-state index in [2.05, 4.69) is 20.5 Å². The van der Waals surface area contributed by atoms with E-state index < -0.39 is 5.76 Å². The van der Waals surface area contributed by atoms with Crippen molar-refractivity contribution in [1.29, 1.82) is 0 Å². The van der Waals surface area contributed by atoms with Crippen molar-refractivity contribution in [1.82, 2.24) is 10.2 Å². The van der Waals surface area contributed by atoms with Crippen molar-refractivity contribution in [3.63, 3.8) is 0 Å². The molecule has 1 aromatic heterocycles. The lowest BCUT2D eigenvalue weighted by atomic mass is 10.2. The van der Waals surface area contributed by atoms with E-state index in [-0.39, 0.29) is 11.8 Å². The Morgan fingerprint density at radius 1 is 1.90 bits per heavy atom. The highest BCUT2D eigenvalue weighted by Gasteiger charge is 2.07. The molecule has 4 nitrogen and oxygen atoms in total. The average Bonchev–Trinajstić information content (AvgIpc) is 2.34. The lowest BCUT2D eigenvalue weighted by molar-refractivity contribution is 0.456. The molecular formula is C6H6N2O2. The molecule has 1 N–H and O–H groups in total. The maximum atomic E-state index is 10.4. The van der Waals surface area contributed by atoms with Crippen molar-refractivity contribution >= 4 is 0 Å². The molecule has 0 aromatic carbocycles. The number of H-pyrrole nitrogens is 1. The Kier molecular flexibility index (Phi) is 1.59. The second-order valence-corrected chi connectivity index (χ2v) is 1.84. The minimum Gasteiger partial charge on any atom is -0.391 e. The third kappa shape index (κ3) is 1.08. The third-order valence-corrected chi connectivity index (χ3v) is 1.08. The highest BCUT2D eigenvalue weighted by atomic mass is 16.4. The molecule has 0 spiro atoms. The summed E-state index contributed by atoms with van der Waals surface area (Å²) in [5.41, 5.74) is 0. The van der Waals surface area contributed by atoms with Crippen LogP contribution in [-0.4, -0.2) is 10.2 Å². The van der Waals surface area contributed by atoms with Crippen LogP contribution < -0.4 is 5.76 Å². The number of nitrogens with one attached hydrogen (secondary N) is 1. The van der Waals surface area contributed by atoms with Crippen molar-refractivity contribution < 1.29 is 4.42 Å². The van der Waals surface area contributed by atoms with E-state index in [0.717, 1.165) is 0 Å². The van der Waals surface area contributed by atoms with Crippen molar-refractivity contribution in [2.45, 2.75) is 12.8 Å². The van der Waals surface area contributed by atoms with Gasteiger partial charge in [0, 0.05) is 0 Å². The minimum atomic E-state index is -0.572. The largest absolute Gasteiger partial charge is 0.434 e. The summed E-state index contributed by atoms with van der Waals surface area (Å²) >= 11 is 0. The first-order chi connectivity index (χ1) is 4.74. The maximum Gasteiger partial charge on any atom is 0.434 e. The molecule has 0 aliphatic rings. The Morgan fingerprint density at radius 3 is 3.00 bits per heavy atom. The Labute approximate surface area is 57.3 Å². The van der Waals surface area contributed by atoms with Gasteiger partial charge in [-0.25, -0.2) is 9.89 Å². The van der Waals surface area contributed by atoms with Crippen LogP contribution in [0.3, 0.4) is 0 Å². The molecule has 0 saturated heterocycles. The van der Waals surface area contributed by atoms with Crippen LogP contribution in [0.1, 0.15) is 18.7 Å². The molecule has 0 saturated carbocycles. The number of hydrogen-bond donors (Lipinski definition) is 1. The van der Waals surface area contributed by atoms with Crippen LogP contribution in [0.4, 0.5) is 0 Å². The van der Waals surface area contributed by atoms with E-state index in [0.29, 0.717) is 0 Å². The summed E-state index contributed by atoms with van der Waals surface area (Å²) in [5.74, 6) is 1.81. The molecule has 4 heteroatoms. The highest BCUT2D eigenvalue weighted by Crippen LogP contribution is 2.06. The number of nitrogens with zero attached hydrogens (tertiary/aromatic N) is 1. The van der Waals surface area contributed by atoms with Crippen molar-refractivity contribution in [2.75, 3.05) is 0 Å². The Hall–Kier alpha value is -1.50. The van der Waals surface area contributed by atoms with Crippen LogP contribution in [0.15, 0.2) is 9.21 Å². The summed E-state index contributed by atoms with van der Waals surface area (Å²) in [7, 11) is 0. The topological polar surface area (TPSA) is 58.9 Å². The highest BCUT2D eigenvalue weighted by molar-refractivity contribution is 5.05. The van der Waals surface area contributed by atoms with Crippen LogP contribution in [0.2, 0.25) is 0 Å². The normalized spacial score (nSPS) is 12.4. The first-order valence-electron chi connectivity index (χ1n) is 2.75. The molecule has 52 valence electrons. The molecule has 0 fully saturated rings. The Bertz CT molecular complexity index is 304. The van der Waals surface area contributed by atoms with Gasteiger partial charge in [-0.3, -0.25) is 0 Å². The first kappa shape index (κ1) is 6.62. The van der Waals surface area contributed by atoms with Gasteiger partial charge in [0.15, 0.2) is 0 Å². The first-order valence-corrected chi connectivity index (χ1v) is 2.75. The summed E-state index contributed by atoms with van der Waals surface area (Å²) in [5, 5.41) is 5.66. The zero-order valence-electron chi connectivity index (χ0n) is 5.42. The summed E-state index contributed by atoms with van der Waals surface area (Å²) in [6.07, 6.45) is 5.05.